The Morgan fingerprint density at radius 1 is 0.850 bits per heavy atom. The molecular weight excluding hydrogens is 248 g/mol. The van der Waals surface area contributed by atoms with Gasteiger partial charge in [-0.2, -0.15) is 0 Å². The Balaban J connectivity index is 4.22. The number of carbonyl (C=O) groups is 1. The third kappa shape index (κ3) is 9.39. The van der Waals surface area contributed by atoms with Gasteiger partial charge in [-0.3, -0.25) is 4.79 Å². The van der Waals surface area contributed by atoms with Crippen molar-refractivity contribution in [3.63, 3.8) is 0 Å². The van der Waals surface area contributed by atoms with Gasteiger partial charge in [0.05, 0.1) is 5.92 Å². The van der Waals surface area contributed by atoms with E-state index in [1.165, 1.54) is 32.1 Å². The summed E-state index contributed by atoms with van der Waals surface area (Å²) in [5, 5.41) is 0. The minimum atomic E-state index is 0.0341. The van der Waals surface area contributed by atoms with Crippen LogP contribution in [0.1, 0.15) is 92.4 Å². The first kappa shape index (κ1) is 19.5. The van der Waals surface area contributed by atoms with Crippen LogP contribution in [0.5, 0.6) is 0 Å². The topological polar surface area (TPSA) is 26.3 Å². The molecule has 0 aliphatic heterocycles. The van der Waals surface area contributed by atoms with Gasteiger partial charge in [-0.15, -0.1) is 0 Å². The fourth-order valence-corrected chi connectivity index (χ4v) is 2.25. The van der Waals surface area contributed by atoms with Crippen molar-refractivity contribution in [2.45, 2.75) is 98.5 Å². The second-order valence-corrected chi connectivity index (χ2v) is 6.43. The maximum Gasteiger partial charge on any atom is 0.309 e. The molecule has 0 aliphatic rings. The van der Waals surface area contributed by atoms with Crippen LogP contribution in [0.15, 0.2) is 0 Å². The maximum atomic E-state index is 12.3. The molecular formula is C18H36O2. The van der Waals surface area contributed by atoms with Gasteiger partial charge in [-0.1, -0.05) is 72.6 Å². The Morgan fingerprint density at radius 3 is 1.85 bits per heavy atom. The summed E-state index contributed by atoms with van der Waals surface area (Å²) < 4.78 is 5.62. The molecule has 2 atom stereocenters. The van der Waals surface area contributed by atoms with Gasteiger partial charge >= 0.3 is 5.97 Å². The largest absolute Gasteiger partial charge is 0.462 e. The summed E-state index contributed by atoms with van der Waals surface area (Å²) >= 11 is 0. The smallest absolute Gasteiger partial charge is 0.309 e. The van der Waals surface area contributed by atoms with Gasteiger partial charge in [0, 0.05) is 0 Å². The molecule has 0 aromatic carbocycles. The number of hydrogen-bond donors (Lipinski definition) is 0. The Morgan fingerprint density at radius 2 is 1.35 bits per heavy atom. The van der Waals surface area contributed by atoms with Crippen molar-refractivity contribution in [1.29, 1.82) is 0 Å². The highest BCUT2D eigenvalue weighted by Gasteiger charge is 2.22. The van der Waals surface area contributed by atoms with Crippen LogP contribution in [-0.4, -0.2) is 12.1 Å². The van der Waals surface area contributed by atoms with Crippen molar-refractivity contribution >= 4 is 5.97 Å². The van der Waals surface area contributed by atoms with E-state index in [9.17, 15) is 4.79 Å². The SMILES string of the molecule is CCCCCCC(CCCCC)C(=O)OC(C)C(C)C. The second kappa shape index (κ2) is 12.2. The first-order valence-corrected chi connectivity index (χ1v) is 8.73. The third-order valence-corrected chi connectivity index (χ3v) is 4.14. The lowest BCUT2D eigenvalue weighted by molar-refractivity contribution is -0.155. The molecule has 2 nitrogen and oxygen atoms in total. The number of ether oxygens (including phenoxy) is 1. The summed E-state index contributed by atoms with van der Waals surface area (Å²) in [5.74, 6) is 0.564. The summed E-state index contributed by atoms with van der Waals surface area (Å²) in [7, 11) is 0. The number of hydrogen-bond acceptors (Lipinski definition) is 2. The summed E-state index contributed by atoms with van der Waals surface area (Å²) in [6, 6.07) is 0. The number of unbranched alkanes of at least 4 members (excludes halogenated alkanes) is 5. The predicted molar refractivity (Wildman–Crippen MR) is 86.8 cm³/mol. The number of esters is 1. The highest BCUT2D eigenvalue weighted by atomic mass is 16.5. The average Bonchev–Trinajstić information content (AvgIpc) is 2.41. The van der Waals surface area contributed by atoms with Crippen LogP contribution in [0.3, 0.4) is 0 Å². The summed E-state index contributed by atoms with van der Waals surface area (Å²) in [6.45, 7) is 10.6. The Hall–Kier alpha value is -0.530. The van der Waals surface area contributed by atoms with Gasteiger partial charge in [0.15, 0.2) is 0 Å². The molecule has 0 rings (SSSR count). The zero-order valence-corrected chi connectivity index (χ0v) is 14.4. The third-order valence-electron chi connectivity index (χ3n) is 4.14. The average molecular weight is 284 g/mol. The predicted octanol–water partition coefficient (Wildman–Crippen LogP) is 5.74. The van der Waals surface area contributed by atoms with E-state index < -0.39 is 0 Å². The zero-order valence-electron chi connectivity index (χ0n) is 14.4. The van der Waals surface area contributed by atoms with E-state index >= 15 is 0 Å². The van der Waals surface area contributed by atoms with Gasteiger partial charge in [-0.25, -0.2) is 0 Å². The summed E-state index contributed by atoms with van der Waals surface area (Å²) in [6.07, 6.45) is 10.6. The number of rotatable bonds is 12. The molecule has 0 aliphatic carbocycles. The quantitative estimate of drug-likeness (QED) is 0.337. The molecule has 0 N–H and O–H groups in total. The van der Waals surface area contributed by atoms with Crippen molar-refractivity contribution < 1.29 is 9.53 Å². The lowest BCUT2D eigenvalue weighted by Gasteiger charge is -2.21. The minimum Gasteiger partial charge on any atom is -0.462 e. The highest BCUT2D eigenvalue weighted by molar-refractivity contribution is 5.72. The summed E-state index contributed by atoms with van der Waals surface area (Å²) in [4.78, 5) is 12.3. The fraction of sp³-hybridized carbons (Fsp3) is 0.944. The van der Waals surface area contributed by atoms with Crippen molar-refractivity contribution in [3.8, 4) is 0 Å². The molecule has 120 valence electrons. The molecule has 0 heterocycles. The molecule has 0 fully saturated rings. The first-order valence-electron chi connectivity index (χ1n) is 8.73. The maximum absolute atomic E-state index is 12.3. The van der Waals surface area contributed by atoms with Crippen LogP contribution in [0.4, 0.5) is 0 Å². The Labute approximate surface area is 126 Å². The molecule has 0 radical (unpaired) electrons. The van der Waals surface area contributed by atoms with Crippen LogP contribution in [0.25, 0.3) is 0 Å². The van der Waals surface area contributed by atoms with Gasteiger partial charge in [0.25, 0.3) is 0 Å². The van der Waals surface area contributed by atoms with Crippen molar-refractivity contribution in [1.82, 2.24) is 0 Å². The van der Waals surface area contributed by atoms with Crippen molar-refractivity contribution in [2.24, 2.45) is 11.8 Å². The second-order valence-electron chi connectivity index (χ2n) is 6.43. The Bertz CT molecular complexity index is 236. The van der Waals surface area contributed by atoms with E-state index in [0.717, 1.165) is 25.7 Å². The van der Waals surface area contributed by atoms with Crippen LogP contribution in [-0.2, 0) is 9.53 Å². The van der Waals surface area contributed by atoms with Crippen molar-refractivity contribution in [2.75, 3.05) is 0 Å². The van der Waals surface area contributed by atoms with E-state index in [1.807, 2.05) is 6.92 Å². The molecule has 0 aromatic heterocycles. The first-order chi connectivity index (χ1) is 9.52. The molecule has 0 saturated heterocycles. The summed E-state index contributed by atoms with van der Waals surface area (Å²) in [5.41, 5.74) is 0. The molecule has 0 spiro atoms. The minimum absolute atomic E-state index is 0.0341. The zero-order chi connectivity index (χ0) is 15.4. The molecule has 0 amide bonds. The van der Waals surface area contributed by atoms with Crippen LogP contribution >= 0.6 is 0 Å². The standard InChI is InChI=1S/C18H36O2/c1-6-8-10-12-14-17(13-11-9-7-2)18(19)20-16(5)15(3)4/h15-17H,6-14H2,1-5H3. The molecule has 20 heavy (non-hydrogen) atoms. The Kier molecular flexibility index (Phi) is 11.9. The van der Waals surface area contributed by atoms with E-state index in [4.69, 9.17) is 4.74 Å². The normalized spacial score (nSPS) is 14.3. The monoisotopic (exact) mass is 284 g/mol. The van der Waals surface area contributed by atoms with E-state index in [-0.39, 0.29) is 18.0 Å². The van der Waals surface area contributed by atoms with E-state index in [0.29, 0.717) is 5.92 Å². The molecule has 0 saturated carbocycles. The number of carbonyl (C=O) groups excluding carboxylic acids is 1. The molecule has 0 bridgehead atoms. The van der Waals surface area contributed by atoms with Crippen LogP contribution in [0.2, 0.25) is 0 Å². The van der Waals surface area contributed by atoms with Gasteiger partial charge < -0.3 is 4.74 Å². The van der Waals surface area contributed by atoms with Gasteiger partial charge in [0.2, 0.25) is 0 Å². The highest BCUT2D eigenvalue weighted by Crippen LogP contribution is 2.21. The van der Waals surface area contributed by atoms with Gasteiger partial charge in [0.1, 0.15) is 6.10 Å². The van der Waals surface area contributed by atoms with Crippen LogP contribution in [0, 0.1) is 11.8 Å². The molecule has 2 unspecified atom stereocenters. The van der Waals surface area contributed by atoms with E-state index in [2.05, 4.69) is 27.7 Å². The van der Waals surface area contributed by atoms with Crippen molar-refractivity contribution in [3.05, 3.63) is 0 Å². The van der Waals surface area contributed by atoms with E-state index in [1.54, 1.807) is 0 Å². The van der Waals surface area contributed by atoms with Crippen LogP contribution < -0.4 is 0 Å². The lowest BCUT2D eigenvalue weighted by Crippen LogP contribution is -2.26. The molecule has 2 heteroatoms. The lowest BCUT2D eigenvalue weighted by atomic mass is 9.94. The molecule has 0 aromatic rings. The fourth-order valence-electron chi connectivity index (χ4n) is 2.25. The van der Waals surface area contributed by atoms with Gasteiger partial charge in [-0.05, 0) is 25.7 Å².